The number of rotatable bonds is 9. The average Bonchev–Trinajstić information content (AvgIpc) is 2.54. The van der Waals surface area contributed by atoms with Gasteiger partial charge in [-0.15, -0.1) is 0 Å². The number of carbonyl (C=O) groups excluding carboxylic acids is 2. The van der Waals surface area contributed by atoms with Crippen molar-refractivity contribution in [1.29, 1.82) is 0 Å². The smallest absolute Gasteiger partial charge is 0.226 e. The zero-order chi connectivity index (χ0) is 17.8. The minimum absolute atomic E-state index is 0.0499. The van der Waals surface area contributed by atoms with Crippen molar-refractivity contribution in [2.45, 2.75) is 58.8 Å². The van der Waals surface area contributed by atoms with Crippen molar-refractivity contribution in [1.82, 2.24) is 5.32 Å². The third-order valence-corrected chi connectivity index (χ3v) is 3.69. The first-order valence-corrected chi connectivity index (χ1v) is 8.96. The predicted octanol–water partition coefficient (Wildman–Crippen LogP) is 4.21. The van der Waals surface area contributed by atoms with Crippen LogP contribution in [0.2, 0.25) is 0 Å². The van der Waals surface area contributed by atoms with E-state index in [0.717, 1.165) is 18.5 Å². The molecule has 1 aromatic carbocycles. The SMILES string of the molecule is CCCCCCCC(=O)NC(=S)Nc1cccc(NC(=O)CC)c1. The summed E-state index contributed by atoms with van der Waals surface area (Å²) in [4.78, 5) is 23.2. The predicted molar refractivity (Wildman–Crippen MR) is 103 cm³/mol. The lowest BCUT2D eigenvalue weighted by Gasteiger charge is -2.11. The highest BCUT2D eigenvalue weighted by atomic mass is 32.1. The largest absolute Gasteiger partial charge is 0.332 e. The van der Waals surface area contributed by atoms with Crippen LogP contribution in [-0.4, -0.2) is 16.9 Å². The Morgan fingerprint density at radius 2 is 1.62 bits per heavy atom. The summed E-state index contributed by atoms with van der Waals surface area (Å²) in [5, 5.41) is 8.70. The van der Waals surface area contributed by atoms with E-state index in [4.69, 9.17) is 12.2 Å². The van der Waals surface area contributed by atoms with Gasteiger partial charge in [-0.3, -0.25) is 9.59 Å². The second-order valence-electron chi connectivity index (χ2n) is 5.65. The van der Waals surface area contributed by atoms with E-state index in [1.807, 2.05) is 12.1 Å². The standard InChI is InChI=1S/C18H27N3O2S/c1-3-5-6-7-8-12-17(23)21-18(24)20-15-11-9-10-14(13-15)19-16(22)4-2/h9-11,13H,3-8,12H2,1-2H3,(H,19,22)(H2,20,21,23,24). The number of thiocarbonyl (C=S) groups is 1. The molecule has 2 amide bonds. The molecule has 0 aromatic heterocycles. The van der Waals surface area contributed by atoms with Gasteiger partial charge in [-0.2, -0.15) is 0 Å². The van der Waals surface area contributed by atoms with E-state index < -0.39 is 0 Å². The highest BCUT2D eigenvalue weighted by molar-refractivity contribution is 7.80. The summed E-state index contributed by atoms with van der Waals surface area (Å²) in [5.74, 6) is -0.120. The minimum Gasteiger partial charge on any atom is -0.332 e. The lowest BCUT2D eigenvalue weighted by molar-refractivity contribution is -0.119. The molecule has 1 rings (SSSR count). The van der Waals surface area contributed by atoms with E-state index in [2.05, 4.69) is 22.9 Å². The fourth-order valence-electron chi connectivity index (χ4n) is 2.16. The van der Waals surface area contributed by atoms with Crippen LogP contribution in [0.5, 0.6) is 0 Å². The molecule has 0 radical (unpaired) electrons. The molecular formula is C18H27N3O2S. The Morgan fingerprint density at radius 3 is 2.29 bits per heavy atom. The lowest BCUT2D eigenvalue weighted by atomic mass is 10.1. The first kappa shape index (κ1) is 20.1. The molecule has 0 aliphatic rings. The van der Waals surface area contributed by atoms with E-state index >= 15 is 0 Å². The molecule has 0 spiro atoms. The van der Waals surface area contributed by atoms with Gasteiger partial charge in [0.05, 0.1) is 0 Å². The van der Waals surface area contributed by atoms with E-state index in [-0.39, 0.29) is 16.9 Å². The quantitative estimate of drug-likeness (QED) is 0.461. The maximum Gasteiger partial charge on any atom is 0.226 e. The first-order chi connectivity index (χ1) is 11.5. The molecule has 6 heteroatoms. The molecule has 24 heavy (non-hydrogen) atoms. The summed E-state index contributed by atoms with van der Waals surface area (Å²) in [7, 11) is 0. The zero-order valence-corrected chi connectivity index (χ0v) is 15.3. The average molecular weight is 350 g/mol. The summed E-state index contributed by atoms with van der Waals surface area (Å²) in [6, 6.07) is 7.21. The molecule has 1 aromatic rings. The van der Waals surface area contributed by atoms with E-state index in [0.29, 0.717) is 18.5 Å². The Morgan fingerprint density at radius 1 is 0.958 bits per heavy atom. The number of hydrogen-bond acceptors (Lipinski definition) is 3. The number of amides is 2. The monoisotopic (exact) mass is 349 g/mol. The second kappa shape index (κ2) is 11.6. The molecule has 0 aliphatic carbocycles. The van der Waals surface area contributed by atoms with Crippen LogP contribution >= 0.6 is 12.2 Å². The van der Waals surface area contributed by atoms with Crippen molar-refractivity contribution >= 4 is 40.5 Å². The fourth-order valence-corrected chi connectivity index (χ4v) is 2.40. The van der Waals surface area contributed by atoms with Gasteiger partial charge in [0.15, 0.2) is 5.11 Å². The van der Waals surface area contributed by atoms with Gasteiger partial charge in [0.25, 0.3) is 0 Å². The molecule has 0 unspecified atom stereocenters. The molecule has 0 bridgehead atoms. The van der Waals surface area contributed by atoms with Gasteiger partial charge in [-0.05, 0) is 36.8 Å². The van der Waals surface area contributed by atoms with Crippen molar-refractivity contribution in [2.75, 3.05) is 10.6 Å². The normalized spacial score (nSPS) is 10.1. The number of carbonyl (C=O) groups is 2. The molecule has 132 valence electrons. The summed E-state index contributed by atoms with van der Waals surface area (Å²) >= 11 is 5.16. The molecule has 0 saturated carbocycles. The van der Waals surface area contributed by atoms with Gasteiger partial charge in [-0.1, -0.05) is 45.6 Å². The van der Waals surface area contributed by atoms with Gasteiger partial charge in [0.1, 0.15) is 0 Å². The Kier molecular flexibility index (Phi) is 9.68. The van der Waals surface area contributed by atoms with E-state index in [1.165, 1.54) is 19.3 Å². The van der Waals surface area contributed by atoms with E-state index in [9.17, 15) is 9.59 Å². The van der Waals surface area contributed by atoms with Crippen LogP contribution in [-0.2, 0) is 9.59 Å². The van der Waals surface area contributed by atoms with Crippen LogP contribution in [0.3, 0.4) is 0 Å². The van der Waals surface area contributed by atoms with Gasteiger partial charge in [0, 0.05) is 24.2 Å². The number of nitrogens with one attached hydrogen (secondary N) is 3. The zero-order valence-electron chi connectivity index (χ0n) is 14.5. The molecule has 0 atom stereocenters. The third-order valence-electron chi connectivity index (χ3n) is 3.49. The Hall–Kier alpha value is -1.95. The number of anilines is 2. The number of hydrogen-bond donors (Lipinski definition) is 3. The topological polar surface area (TPSA) is 70.2 Å². The summed E-state index contributed by atoms with van der Waals surface area (Å²) in [6.45, 7) is 3.96. The van der Waals surface area contributed by atoms with Crippen molar-refractivity contribution in [3.63, 3.8) is 0 Å². The molecule has 5 nitrogen and oxygen atoms in total. The van der Waals surface area contributed by atoms with Gasteiger partial charge in [0.2, 0.25) is 11.8 Å². The summed E-state index contributed by atoms with van der Waals surface area (Å²) in [6.07, 6.45) is 6.43. The molecule has 0 heterocycles. The van der Waals surface area contributed by atoms with Crippen LogP contribution in [0.15, 0.2) is 24.3 Å². The lowest BCUT2D eigenvalue weighted by Crippen LogP contribution is -2.33. The van der Waals surface area contributed by atoms with Crippen molar-refractivity contribution in [3.05, 3.63) is 24.3 Å². The Labute approximate surface area is 149 Å². The Bertz CT molecular complexity index is 561. The van der Waals surface area contributed by atoms with Crippen LogP contribution in [0.4, 0.5) is 11.4 Å². The highest BCUT2D eigenvalue weighted by Gasteiger charge is 2.06. The number of unbranched alkanes of at least 4 members (excludes halogenated alkanes) is 4. The van der Waals surface area contributed by atoms with Gasteiger partial charge >= 0.3 is 0 Å². The second-order valence-corrected chi connectivity index (χ2v) is 6.06. The van der Waals surface area contributed by atoms with Crippen LogP contribution in [0, 0.1) is 0 Å². The Balaban J connectivity index is 2.37. The fraction of sp³-hybridized carbons (Fsp3) is 0.500. The third kappa shape index (κ3) is 8.62. The van der Waals surface area contributed by atoms with Gasteiger partial charge < -0.3 is 16.0 Å². The molecule has 0 fully saturated rings. The summed E-state index contributed by atoms with van der Waals surface area (Å²) < 4.78 is 0. The molecule has 0 saturated heterocycles. The van der Waals surface area contributed by atoms with Crippen molar-refractivity contribution in [2.24, 2.45) is 0 Å². The van der Waals surface area contributed by atoms with Crippen molar-refractivity contribution < 1.29 is 9.59 Å². The maximum absolute atomic E-state index is 11.8. The molecular weight excluding hydrogens is 322 g/mol. The van der Waals surface area contributed by atoms with Crippen molar-refractivity contribution in [3.8, 4) is 0 Å². The molecule has 3 N–H and O–H groups in total. The highest BCUT2D eigenvalue weighted by Crippen LogP contribution is 2.15. The first-order valence-electron chi connectivity index (χ1n) is 8.56. The minimum atomic E-state index is -0.0700. The summed E-state index contributed by atoms with van der Waals surface area (Å²) in [5.41, 5.74) is 1.41. The van der Waals surface area contributed by atoms with E-state index in [1.54, 1.807) is 19.1 Å². The molecule has 0 aliphatic heterocycles. The van der Waals surface area contributed by atoms with Crippen LogP contribution in [0.1, 0.15) is 58.8 Å². The number of benzene rings is 1. The van der Waals surface area contributed by atoms with Crippen LogP contribution in [0.25, 0.3) is 0 Å². The maximum atomic E-state index is 11.8. The van der Waals surface area contributed by atoms with Crippen LogP contribution < -0.4 is 16.0 Å². The van der Waals surface area contributed by atoms with Gasteiger partial charge in [-0.25, -0.2) is 0 Å².